The Morgan fingerprint density at radius 2 is 2.12 bits per heavy atom. The molecule has 88 valence electrons. The summed E-state index contributed by atoms with van der Waals surface area (Å²) in [6, 6.07) is 7.58. The Labute approximate surface area is 101 Å². The van der Waals surface area contributed by atoms with Crippen LogP contribution in [0.15, 0.2) is 49.6 Å². The quantitative estimate of drug-likeness (QED) is 0.741. The lowest BCUT2D eigenvalue weighted by Gasteiger charge is -2.24. The lowest BCUT2D eigenvalue weighted by atomic mass is 9.95. The molecule has 1 atom stereocenters. The van der Waals surface area contributed by atoms with E-state index in [1.807, 2.05) is 24.3 Å². The predicted molar refractivity (Wildman–Crippen MR) is 67.9 cm³/mol. The summed E-state index contributed by atoms with van der Waals surface area (Å²) in [6.45, 7) is 7.65. The van der Waals surface area contributed by atoms with Gasteiger partial charge in [0, 0.05) is 12.6 Å². The zero-order valence-electron chi connectivity index (χ0n) is 9.85. The van der Waals surface area contributed by atoms with Crippen LogP contribution in [0.2, 0.25) is 0 Å². The third kappa shape index (κ3) is 1.51. The molecule has 0 aliphatic carbocycles. The van der Waals surface area contributed by atoms with Gasteiger partial charge in [0.15, 0.2) is 5.60 Å². The Morgan fingerprint density at radius 1 is 1.41 bits per heavy atom. The molecule has 0 bridgehead atoms. The van der Waals surface area contributed by atoms with Crippen molar-refractivity contribution >= 4 is 11.6 Å². The van der Waals surface area contributed by atoms with E-state index in [1.54, 1.807) is 24.1 Å². The summed E-state index contributed by atoms with van der Waals surface area (Å²) in [5.41, 5.74) is 0.630. The molecule has 0 saturated carbocycles. The number of ether oxygens (including phenoxy) is 1. The number of nitrogens with zero attached hydrogens (tertiary/aromatic N) is 1. The number of hydrogen-bond acceptors (Lipinski definition) is 2. The van der Waals surface area contributed by atoms with Crippen molar-refractivity contribution in [3.63, 3.8) is 0 Å². The monoisotopic (exact) mass is 229 g/mol. The van der Waals surface area contributed by atoms with Crippen molar-refractivity contribution in [1.82, 2.24) is 0 Å². The van der Waals surface area contributed by atoms with Crippen LogP contribution >= 0.6 is 0 Å². The summed E-state index contributed by atoms with van der Waals surface area (Å²) in [4.78, 5) is 13.9. The highest BCUT2D eigenvalue weighted by atomic mass is 16.5. The van der Waals surface area contributed by atoms with E-state index < -0.39 is 5.60 Å². The van der Waals surface area contributed by atoms with E-state index in [2.05, 4.69) is 13.2 Å². The number of carbonyl (C=O) groups excluding carboxylic acids is 1. The van der Waals surface area contributed by atoms with E-state index in [1.165, 1.54) is 0 Å². The van der Waals surface area contributed by atoms with Crippen LogP contribution in [-0.4, -0.2) is 19.6 Å². The van der Waals surface area contributed by atoms with Gasteiger partial charge in [-0.15, -0.1) is 6.58 Å². The molecule has 0 spiro atoms. The first kappa shape index (κ1) is 11.6. The Balaban J connectivity index is 2.56. The van der Waals surface area contributed by atoms with Crippen molar-refractivity contribution in [2.45, 2.75) is 5.60 Å². The van der Waals surface area contributed by atoms with Crippen LogP contribution in [0.5, 0.6) is 0 Å². The largest absolute Gasteiger partial charge is 0.352 e. The summed E-state index contributed by atoms with van der Waals surface area (Å²) in [5.74, 6) is -0.115. The number of carbonyl (C=O) groups is 1. The van der Waals surface area contributed by atoms with E-state index in [0.717, 1.165) is 11.3 Å². The van der Waals surface area contributed by atoms with Crippen LogP contribution in [0.4, 0.5) is 5.69 Å². The number of likely N-dealkylation sites (N-methyl/N-ethyl adjacent to an activating group) is 1. The third-order valence-corrected chi connectivity index (χ3v) is 3.00. The number of amides is 1. The second-order valence-electron chi connectivity index (χ2n) is 3.92. The molecule has 0 saturated heterocycles. The van der Waals surface area contributed by atoms with Gasteiger partial charge in [0.05, 0.1) is 12.3 Å². The van der Waals surface area contributed by atoms with Crippen LogP contribution < -0.4 is 4.90 Å². The van der Waals surface area contributed by atoms with E-state index in [9.17, 15) is 4.79 Å². The third-order valence-electron chi connectivity index (χ3n) is 3.00. The Hall–Kier alpha value is -1.87. The zero-order valence-corrected chi connectivity index (χ0v) is 9.85. The van der Waals surface area contributed by atoms with E-state index in [-0.39, 0.29) is 5.91 Å². The summed E-state index contributed by atoms with van der Waals surface area (Å²) >= 11 is 0. The maximum atomic E-state index is 12.3. The molecule has 1 heterocycles. The average Bonchev–Trinajstić information content (AvgIpc) is 2.59. The molecule has 0 aromatic heterocycles. The molecule has 1 aliphatic rings. The second-order valence-corrected chi connectivity index (χ2v) is 3.92. The van der Waals surface area contributed by atoms with Gasteiger partial charge in [0.25, 0.3) is 5.91 Å². The SMILES string of the molecule is C=CCOC1(C=C)C(=O)N(C)c2ccccc21. The van der Waals surface area contributed by atoms with Crippen LogP contribution in [0.3, 0.4) is 0 Å². The number of benzene rings is 1. The van der Waals surface area contributed by atoms with Crippen molar-refractivity contribution in [3.8, 4) is 0 Å². The van der Waals surface area contributed by atoms with Crippen molar-refractivity contribution in [2.75, 3.05) is 18.6 Å². The first-order chi connectivity index (χ1) is 8.17. The molecule has 3 nitrogen and oxygen atoms in total. The second kappa shape index (κ2) is 4.18. The molecular weight excluding hydrogens is 214 g/mol. The molecule has 1 aromatic carbocycles. The van der Waals surface area contributed by atoms with Gasteiger partial charge in [0.1, 0.15) is 0 Å². The standard InChI is InChI=1S/C14H15NO2/c1-4-10-17-14(5-2)11-8-6-7-9-12(11)15(3)13(14)16/h4-9H,1-2,10H2,3H3. The molecule has 1 aliphatic heterocycles. The Kier molecular flexibility index (Phi) is 2.86. The highest BCUT2D eigenvalue weighted by Gasteiger charge is 2.48. The molecule has 0 N–H and O–H groups in total. The molecular formula is C14H15NO2. The minimum Gasteiger partial charge on any atom is -0.352 e. The fraction of sp³-hybridized carbons (Fsp3) is 0.214. The van der Waals surface area contributed by atoms with Crippen molar-refractivity contribution in [2.24, 2.45) is 0 Å². The molecule has 1 aromatic rings. The average molecular weight is 229 g/mol. The van der Waals surface area contributed by atoms with Crippen LogP contribution in [0.25, 0.3) is 0 Å². The van der Waals surface area contributed by atoms with Crippen molar-refractivity contribution in [3.05, 3.63) is 55.1 Å². The van der Waals surface area contributed by atoms with Gasteiger partial charge >= 0.3 is 0 Å². The summed E-state index contributed by atoms with van der Waals surface area (Å²) in [5, 5.41) is 0. The molecule has 0 radical (unpaired) electrons. The van der Waals surface area contributed by atoms with Crippen LogP contribution in [0, 0.1) is 0 Å². The molecule has 1 amide bonds. The van der Waals surface area contributed by atoms with Crippen molar-refractivity contribution in [1.29, 1.82) is 0 Å². The first-order valence-electron chi connectivity index (χ1n) is 5.43. The molecule has 2 rings (SSSR count). The Bertz CT molecular complexity index is 481. The normalized spacial score (nSPS) is 22.4. The van der Waals surface area contributed by atoms with Crippen LogP contribution in [0.1, 0.15) is 5.56 Å². The number of hydrogen-bond donors (Lipinski definition) is 0. The Morgan fingerprint density at radius 3 is 2.76 bits per heavy atom. The summed E-state index contributed by atoms with van der Waals surface area (Å²) < 4.78 is 5.67. The van der Waals surface area contributed by atoms with E-state index >= 15 is 0 Å². The van der Waals surface area contributed by atoms with Gasteiger partial charge in [-0.3, -0.25) is 4.79 Å². The number of anilines is 1. The summed E-state index contributed by atoms with van der Waals surface area (Å²) in [6.07, 6.45) is 3.18. The highest BCUT2D eigenvalue weighted by molar-refractivity contribution is 6.08. The van der Waals surface area contributed by atoms with E-state index in [0.29, 0.717) is 6.61 Å². The lowest BCUT2D eigenvalue weighted by molar-refractivity contribution is -0.135. The summed E-state index contributed by atoms with van der Waals surface area (Å²) in [7, 11) is 1.74. The van der Waals surface area contributed by atoms with Crippen LogP contribution in [-0.2, 0) is 15.1 Å². The van der Waals surface area contributed by atoms with Gasteiger partial charge in [-0.1, -0.05) is 30.9 Å². The van der Waals surface area contributed by atoms with Gasteiger partial charge in [-0.2, -0.15) is 0 Å². The maximum absolute atomic E-state index is 12.3. The van der Waals surface area contributed by atoms with E-state index in [4.69, 9.17) is 4.74 Å². The number of rotatable bonds is 4. The molecule has 17 heavy (non-hydrogen) atoms. The first-order valence-corrected chi connectivity index (χ1v) is 5.43. The fourth-order valence-corrected chi connectivity index (χ4v) is 2.14. The van der Waals surface area contributed by atoms with Gasteiger partial charge in [0.2, 0.25) is 0 Å². The highest BCUT2D eigenvalue weighted by Crippen LogP contribution is 2.42. The van der Waals surface area contributed by atoms with Gasteiger partial charge < -0.3 is 9.64 Å². The van der Waals surface area contributed by atoms with Gasteiger partial charge in [-0.05, 0) is 12.1 Å². The molecule has 3 heteroatoms. The predicted octanol–water partition coefficient (Wildman–Crippen LogP) is 2.25. The molecule has 1 unspecified atom stereocenters. The topological polar surface area (TPSA) is 29.5 Å². The maximum Gasteiger partial charge on any atom is 0.267 e. The molecule has 0 fully saturated rings. The minimum atomic E-state index is -1.07. The minimum absolute atomic E-state index is 0.115. The zero-order chi connectivity index (χ0) is 12.5. The smallest absolute Gasteiger partial charge is 0.267 e. The number of para-hydroxylation sites is 1. The lowest BCUT2D eigenvalue weighted by Crippen LogP contribution is -2.39. The fourth-order valence-electron chi connectivity index (χ4n) is 2.14. The van der Waals surface area contributed by atoms with Gasteiger partial charge in [-0.25, -0.2) is 0 Å². The van der Waals surface area contributed by atoms with Crippen molar-refractivity contribution < 1.29 is 9.53 Å². The number of fused-ring (bicyclic) bond motifs is 1.